The van der Waals surface area contributed by atoms with E-state index in [4.69, 9.17) is 25.8 Å². The Hall–Kier alpha value is -0.980. The SMILES string of the molecule is C=C(Cl)C[C@]1(CO)OC(C)(C)O[C@@H]1COCc1ccc(F)cc1. The quantitative estimate of drug-likeness (QED) is 0.824. The van der Waals surface area contributed by atoms with E-state index in [0.29, 0.717) is 11.6 Å². The molecule has 0 amide bonds. The van der Waals surface area contributed by atoms with Crippen molar-refractivity contribution in [1.82, 2.24) is 0 Å². The zero-order valence-electron chi connectivity index (χ0n) is 13.4. The smallest absolute Gasteiger partial charge is 0.164 e. The predicted octanol–water partition coefficient (Wildman–Crippen LogP) is 3.37. The number of benzene rings is 1. The fourth-order valence-electron chi connectivity index (χ4n) is 2.74. The standard InChI is InChI=1S/C17H22ClFO4/c1-12(18)8-17(11-20)15(22-16(2,3)23-17)10-21-9-13-4-6-14(19)7-5-13/h4-7,15,20H,1,8-11H2,2-3H3/t15-,17-/m1/s1. The van der Waals surface area contributed by atoms with Gasteiger partial charge in [-0.25, -0.2) is 4.39 Å². The molecule has 23 heavy (non-hydrogen) atoms. The Balaban J connectivity index is 2.00. The monoisotopic (exact) mass is 344 g/mol. The van der Waals surface area contributed by atoms with Crippen molar-refractivity contribution in [3.05, 3.63) is 47.3 Å². The summed E-state index contributed by atoms with van der Waals surface area (Å²) in [6, 6.07) is 6.08. The minimum absolute atomic E-state index is 0.214. The third-order valence-corrected chi connectivity index (χ3v) is 3.81. The van der Waals surface area contributed by atoms with Gasteiger partial charge in [0.05, 0.1) is 19.8 Å². The number of hydrogen-bond donors (Lipinski definition) is 1. The van der Waals surface area contributed by atoms with Gasteiger partial charge in [-0.1, -0.05) is 30.3 Å². The van der Waals surface area contributed by atoms with E-state index < -0.39 is 17.5 Å². The fraction of sp³-hybridized carbons (Fsp3) is 0.529. The predicted molar refractivity (Wildman–Crippen MR) is 85.5 cm³/mol. The average molecular weight is 345 g/mol. The van der Waals surface area contributed by atoms with Crippen LogP contribution in [0.3, 0.4) is 0 Å². The third-order valence-electron chi connectivity index (χ3n) is 3.67. The maximum Gasteiger partial charge on any atom is 0.164 e. The number of aliphatic hydroxyl groups excluding tert-OH is 1. The first-order valence-electron chi connectivity index (χ1n) is 7.41. The molecule has 4 nitrogen and oxygen atoms in total. The molecule has 1 aromatic carbocycles. The molecule has 0 saturated carbocycles. The highest BCUT2D eigenvalue weighted by atomic mass is 35.5. The lowest BCUT2D eigenvalue weighted by atomic mass is 9.94. The Kier molecular flexibility index (Phi) is 5.81. The van der Waals surface area contributed by atoms with Gasteiger partial charge in [0.25, 0.3) is 0 Å². The number of hydrogen-bond acceptors (Lipinski definition) is 4. The second-order valence-corrected chi connectivity index (χ2v) is 6.70. The van der Waals surface area contributed by atoms with Crippen molar-refractivity contribution in [1.29, 1.82) is 0 Å². The first-order chi connectivity index (χ1) is 10.8. The molecule has 1 N–H and O–H groups in total. The lowest BCUT2D eigenvalue weighted by Gasteiger charge is -2.30. The highest BCUT2D eigenvalue weighted by Crippen LogP contribution is 2.40. The van der Waals surface area contributed by atoms with Gasteiger partial charge in [0, 0.05) is 11.5 Å². The van der Waals surface area contributed by atoms with Crippen molar-refractivity contribution < 1.29 is 23.7 Å². The van der Waals surface area contributed by atoms with E-state index in [1.165, 1.54) is 12.1 Å². The Morgan fingerprint density at radius 3 is 2.61 bits per heavy atom. The lowest BCUT2D eigenvalue weighted by Crippen LogP contribution is -2.46. The summed E-state index contributed by atoms with van der Waals surface area (Å²) in [5.41, 5.74) is -0.133. The van der Waals surface area contributed by atoms with Gasteiger partial charge in [-0.3, -0.25) is 0 Å². The van der Waals surface area contributed by atoms with E-state index in [9.17, 15) is 9.50 Å². The average Bonchev–Trinajstić information content (AvgIpc) is 2.71. The molecule has 1 aromatic rings. The lowest BCUT2D eigenvalue weighted by molar-refractivity contribution is -0.170. The molecule has 0 aliphatic carbocycles. The molecule has 1 saturated heterocycles. The molecule has 2 atom stereocenters. The van der Waals surface area contributed by atoms with Crippen LogP contribution in [0.15, 0.2) is 35.9 Å². The summed E-state index contributed by atoms with van der Waals surface area (Å²) in [6.07, 6.45) is -0.225. The highest BCUT2D eigenvalue weighted by molar-refractivity contribution is 6.29. The maximum absolute atomic E-state index is 12.9. The summed E-state index contributed by atoms with van der Waals surface area (Å²) < 4.78 is 30.3. The number of aliphatic hydroxyl groups is 1. The van der Waals surface area contributed by atoms with E-state index >= 15 is 0 Å². The van der Waals surface area contributed by atoms with Crippen LogP contribution < -0.4 is 0 Å². The molecule has 0 aromatic heterocycles. The highest BCUT2D eigenvalue weighted by Gasteiger charge is 2.53. The second kappa shape index (κ2) is 7.28. The molecular formula is C17H22ClFO4. The van der Waals surface area contributed by atoms with Gasteiger partial charge >= 0.3 is 0 Å². The van der Waals surface area contributed by atoms with Gasteiger partial charge in [-0.15, -0.1) is 0 Å². The van der Waals surface area contributed by atoms with Crippen LogP contribution in [0, 0.1) is 5.82 Å². The van der Waals surface area contributed by atoms with Crippen molar-refractivity contribution in [2.45, 2.75) is 44.4 Å². The summed E-state index contributed by atoms with van der Waals surface area (Å²) in [6.45, 7) is 7.48. The molecule has 1 heterocycles. The third kappa shape index (κ3) is 4.75. The van der Waals surface area contributed by atoms with Crippen molar-refractivity contribution in [3.63, 3.8) is 0 Å². The first-order valence-corrected chi connectivity index (χ1v) is 7.78. The van der Waals surface area contributed by atoms with Gasteiger partial charge in [0.1, 0.15) is 17.5 Å². The van der Waals surface area contributed by atoms with Crippen molar-refractivity contribution >= 4 is 11.6 Å². The van der Waals surface area contributed by atoms with E-state index in [1.54, 1.807) is 26.0 Å². The molecule has 1 fully saturated rings. The molecular weight excluding hydrogens is 323 g/mol. The first kappa shape index (κ1) is 18.4. The minimum Gasteiger partial charge on any atom is -0.393 e. The van der Waals surface area contributed by atoms with Gasteiger partial charge in [0.2, 0.25) is 0 Å². The van der Waals surface area contributed by atoms with Crippen molar-refractivity contribution in [2.24, 2.45) is 0 Å². The summed E-state index contributed by atoms with van der Waals surface area (Å²) in [4.78, 5) is 0. The number of halogens is 2. The maximum atomic E-state index is 12.9. The van der Waals surface area contributed by atoms with Crippen LogP contribution >= 0.6 is 11.6 Å². The molecule has 6 heteroatoms. The van der Waals surface area contributed by atoms with Crippen molar-refractivity contribution in [2.75, 3.05) is 13.2 Å². The molecule has 0 radical (unpaired) electrons. The Labute approximate surface area is 140 Å². The van der Waals surface area contributed by atoms with Crippen LogP contribution in [0.4, 0.5) is 4.39 Å². The summed E-state index contributed by atoms with van der Waals surface area (Å²) in [5.74, 6) is -1.14. The molecule has 0 spiro atoms. The van der Waals surface area contributed by atoms with Gasteiger partial charge in [-0.2, -0.15) is 0 Å². The van der Waals surface area contributed by atoms with Crippen molar-refractivity contribution in [3.8, 4) is 0 Å². The van der Waals surface area contributed by atoms with Crippen LogP contribution in [0.2, 0.25) is 0 Å². The van der Waals surface area contributed by atoms with E-state index in [-0.39, 0.29) is 25.5 Å². The number of ether oxygens (including phenoxy) is 3. The molecule has 128 valence electrons. The van der Waals surface area contributed by atoms with E-state index in [1.807, 2.05) is 0 Å². The Bertz CT molecular complexity index is 546. The van der Waals surface area contributed by atoms with Gasteiger partial charge < -0.3 is 19.3 Å². The Morgan fingerprint density at radius 2 is 2.04 bits per heavy atom. The summed E-state index contributed by atoms with van der Waals surface area (Å²) in [5, 5.41) is 10.2. The zero-order chi connectivity index (χ0) is 17.1. The largest absolute Gasteiger partial charge is 0.393 e. The topological polar surface area (TPSA) is 47.9 Å². The summed E-state index contributed by atoms with van der Waals surface area (Å²) >= 11 is 5.91. The van der Waals surface area contributed by atoms with E-state index in [0.717, 1.165) is 5.56 Å². The molecule has 1 aliphatic heterocycles. The van der Waals surface area contributed by atoms with Crippen LogP contribution in [0.1, 0.15) is 25.8 Å². The zero-order valence-corrected chi connectivity index (χ0v) is 14.1. The normalized spacial score (nSPS) is 26.4. The molecule has 0 bridgehead atoms. The van der Waals surface area contributed by atoms with Crippen LogP contribution in [-0.2, 0) is 20.8 Å². The van der Waals surface area contributed by atoms with Crippen LogP contribution in [0.25, 0.3) is 0 Å². The van der Waals surface area contributed by atoms with Crippen LogP contribution in [0.5, 0.6) is 0 Å². The van der Waals surface area contributed by atoms with Gasteiger partial charge in [0.15, 0.2) is 5.79 Å². The Morgan fingerprint density at radius 1 is 1.39 bits per heavy atom. The molecule has 1 aliphatic rings. The fourth-order valence-corrected chi connectivity index (χ4v) is 2.97. The molecule has 0 unspecified atom stereocenters. The number of rotatable bonds is 7. The van der Waals surface area contributed by atoms with E-state index in [2.05, 4.69) is 6.58 Å². The van der Waals surface area contributed by atoms with Crippen LogP contribution in [-0.4, -0.2) is 35.8 Å². The summed E-state index contributed by atoms with van der Waals surface area (Å²) in [7, 11) is 0. The molecule has 2 rings (SSSR count). The minimum atomic E-state index is -0.981. The van der Waals surface area contributed by atoms with Gasteiger partial charge in [-0.05, 0) is 31.5 Å². The second-order valence-electron chi connectivity index (χ2n) is 6.17.